The lowest BCUT2D eigenvalue weighted by atomic mass is 9.93. The lowest BCUT2D eigenvalue weighted by Gasteiger charge is -2.14. The number of carbonyl (C=O) groups is 1. The van der Waals surface area contributed by atoms with E-state index in [-0.39, 0.29) is 17.4 Å². The fourth-order valence-electron chi connectivity index (χ4n) is 1.74. The molecule has 5 nitrogen and oxygen atoms in total. The average molecular weight is 292 g/mol. The Hall–Kier alpha value is -1.69. The summed E-state index contributed by atoms with van der Waals surface area (Å²) >= 11 is 1.44. The fourth-order valence-corrected chi connectivity index (χ4v) is 2.67. The van der Waals surface area contributed by atoms with E-state index in [4.69, 9.17) is 0 Å². The first-order valence-electron chi connectivity index (χ1n) is 6.60. The molecule has 0 saturated heterocycles. The summed E-state index contributed by atoms with van der Waals surface area (Å²) in [6.45, 7) is 10.3. The van der Waals surface area contributed by atoms with E-state index < -0.39 is 0 Å². The molecule has 108 valence electrons. The zero-order valence-electron chi connectivity index (χ0n) is 12.5. The predicted molar refractivity (Wildman–Crippen MR) is 81.4 cm³/mol. The van der Waals surface area contributed by atoms with Crippen molar-refractivity contribution in [3.63, 3.8) is 0 Å². The number of carbonyl (C=O) groups excluding carboxylic acids is 1. The number of amides is 1. The van der Waals surface area contributed by atoms with Crippen molar-refractivity contribution in [3.8, 4) is 0 Å². The van der Waals surface area contributed by atoms with Crippen LogP contribution in [-0.4, -0.2) is 20.7 Å². The first-order valence-corrected chi connectivity index (χ1v) is 7.48. The van der Waals surface area contributed by atoms with Crippen LogP contribution < -0.4 is 5.32 Å². The summed E-state index contributed by atoms with van der Waals surface area (Å²) in [6, 6.07) is 1.86. The van der Waals surface area contributed by atoms with Gasteiger partial charge in [-0.1, -0.05) is 20.8 Å². The average Bonchev–Trinajstić information content (AvgIpc) is 2.95. The summed E-state index contributed by atoms with van der Waals surface area (Å²) in [5, 5.41) is 9.60. The van der Waals surface area contributed by atoms with E-state index in [9.17, 15) is 4.79 Å². The number of hydrogen-bond acceptors (Lipinski definition) is 4. The number of rotatable bonds is 3. The molecule has 20 heavy (non-hydrogen) atoms. The molecule has 0 aromatic carbocycles. The van der Waals surface area contributed by atoms with E-state index in [0.29, 0.717) is 10.8 Å². The van der Waals surface area contributed by atoms with E-state index in [2.05, 4.69) is 36.2 Å². The molecule has 0 atom stereocenters. The number of hydrogen-bond donors (Lipinski definition) is 1. The summed E-state index contributed by atoms with van der Waals surface area (Å²) in [5.74, 6) is -0.175. The first-order chi connectivity index (χ1) is 9.29. The van der Waals surface area contributed by atoms with Crippen LogP contribution in [0.25, 0.3) is 0 Å². The third-order valence-electron chi connectivity index (χ3n) is 2.89. The molecule has 0 fully saturated rings. The van der Waals surface area contributed by atoms with Crippen LogP contribution in [0, 0.1) is 0 Å². The van der Waals surface area contributed by atoms with Crippen molar-refractivity contribution in [3.05, 3.63) is 29.0 Å². The molecule has 0 saturated carbocycles. The van der Waals surface area contributed by atoms with Crippen molar-refractivity contribution in [1.82, 2.24) is 14.8 Å². The van der Waals surface area contributed by atoms with E-state index in [1.807, 2.05) is 19.2 Å². The molecule has 0 radical (unpaired) electrons. The number of nitrogens with one attached hydrogen (secondary N) is 1. The maximum Gasteiger partial charge on any atom is 0.275 e. The van der Waals surface area contributed by atoms with Crippen LogP contribution in [0.1, 0.15) is 56.8 Å². The third kappa shape index (κ3) is 3.07. The minimum atomic E-state index is -0.175. The van der Waals surface area contributed by atoms with Crippen LogP contribution in [-0.2, 0) is 5.41 Å². The van der Waals surface area contributed by atoms with Gasteiger partial charge in [-0.25, -0.2) is 4.98 Å². The summed E-state index contributed by atoms with van der Waals surface area (Å²) in [7, 11) is 0. The number of nitrogens with zero attached hydrogens (tertiary/aromatic N) is 3. The molecule has 2 aromatic heterocycles. The quantitative estimate of drug-likeness (QED) is 0.942. The standard InChI is InChI=1S/C14H20N4OS/c1-9(2)18-10(6-7-15-18)12(19)17-13-16-11(8-20-13)14(3,4)5/h6-9H,1-5H3,(H,16,17,19). The Morgan fingerprint density at radius 3 is 2.65 bits per heavy atom. The van der Waals surface area contributed by atoms with Crippen LogP contribution in [0.2, 0.25) is 0 Å². The Morgan fingerprint density at radius 1 is 1.40 bits per heavy atom. The van der Waals surface area contributed by atoms with Crippen LogP contribution in [0.3, 0.4) is 0 Å². The highest BCUT2D eigenvalue weighted by Gasteiger charge is 2.19. The highest BCUT2D eigenvalue weighted by atomic mass is 32.1. The lowest BCUT2D eigenvalue weighted by molar-refractivity contribution is 0.101. The number of thiazole rings is 1. The van der Waals surface area contributed by atoms with Crippen molar-refractivity contribution < 1.29 is 4.79 Å². The summed E-state index contributed by atoms with van der Waals surface area (Å²) in [6.07, 6.45) is 1.64. The summed E-state index contributed by atoms with van der Waals surface area (Å²) < 4.78 is 1.70. The maximum atomic E-state index is 12.3. The van der Waals surface area contributed by atoms with Crippen molar-refractivity contribution in [1.29, 1.82) is 0 Å². The van der Waals surface area contributed by atoms with Gasteiger partial charge in [0.25, 0.3) is 5.91 Å². The zero-order valence-corrected chi connectivity index (χ0v) is 13.3. The predicted octanol–water partition coefficient (Wildman–Crippen LogP) is 3.47. The molecular weight excluding hydrogens is 272 g/mol. The van der Waals surface area contributed by atoms with Gasteiger partial charge in [0.05, 0.1) is 5.69 Å². The Labute approximate surface area is 123 Å². The molecule has 0 aliphatic heterocycles. The minimum Gasteiger partial charge on any atom is -0.296 e. The van der Waals surface area contributed by atoms with Crippen molar-refractivity contribution in [2.75, 3.05) is 5.32 Å². The normalized spacial score (nSPS) is 11.9. The molecule has 1 N–H and O–H groups in total. The molecule has 2 heterocycles. The monoisotopic (exact) mass is 292 g/mol. The van der Waals surface area contributed by atoms with Crippen LogP contribution >= 0.6 is 11.3 Å². The highest BCUT2D eigenvalue weighted by molar-refractivity contribution is 7.14. The van der Waals surface area contributed by atoms with E-state index in [0.717, 1.165) is 5.69 Å². The molecule has 2 rings (SSSR count). The smallest absolute Gasteiger partial charge is 0.275 e. The molecule has 0 unspecified atom stereocenters. The van der Waals surface area contributed by atoms with Gasteiger partial charge in [-0.3, -0.25) is 14.8 Å². The van der Waals surface area contributed by atoms with Gasteiger partial charge < -0.3 is 0 Å². The molecule has 0 spiro atoms. The lowest BCUT2D eigenvalue weighted by Crippen LogP contribution is -2.19. The largest absolute Gasteiger partial charge is 0.296 e. The Kier molecular flexibility index (Phi) is 3.94. The van der Waals surface area contributed by atoms with Gasteiger partial charge in [-0.2, -0.15) is 5.10 Å². The van der Waals surface area contributed by atoms with Gasteiger partial charge in [-0.15, -0.1) is 11.3 Å². The highest BCUT2D eigenvalue weighted by Crippen LogP contribution is 2.26. The Balaban J connectivity index is 2.16. The molecule has 0 bridgehead atoms. The van der Waals surface area contributed by atoms with Gasteiger partial charge in [0.15, 0.2) is 5.13 Å². The topological polar surface area (TPSA) is 59.8 Å². The first kappa shape index (κ1) is 14.7. The second-order valence-corrected chi connectivity index (χ2v) is 6.85. The molecule has 1 amide bonds. The molecule has 0 aliphatic carbocycles. The Bertz CT molecular complexity index is 607. The zero-order chi connectivity index (χ0) is 14.9. The van der Waals surface area contributed by atoms with Gasteiger partial charge >= 0.3 is 0 Å². The van der Waals surface area contributed by atoms with Crippen LogP contribution in [0.15, 0.2) is 17.6 Å². The van der Waals surface area contributed by atoms with Gasteiger partial charge in [-0.05, 0) is 19.9 Å². The van der Waals surface area contributed by atoms with Crippen molar-refractivity contribution in [2.45, 2.75) is 46.1 Å². The molecular formula is C14H20N4OS. The number of aromatic nitrogens is 3. The Morgan fingerprint density at radius 2 is 2.10 bits per heavy atom. The van der Waals surface area contributed by atoms with E-state index in [1.165, 1.54) is 11.3 Å². The van der Waals surface area contributed by atoms with Gasteiger partial charge in [0.1, 0.15) is 5.69 Å². The molecule has 2 aromatic rings. The van der Waals surface area contributed by atoms with Gasteiger partial charge in [0, 0.05) is 23.0 Å². The van der Waals surface area contributed by atoms with E-state index >= 15 is 0 Å². The van der Waals surface area contributed by atoms with Gasteiger partial charge in [0.2, 0.25) is 0 Å². The van der Waals surface area contributed by atoms with Crippen molar-refractivity contribution in [2.24, 2.45) is 0 Å². The third-order valence-corrected chi connectivity index (χ3v) is 3.64. The SMILES string of the molecule is CC(C)n1nccc1C(=O)Nc1nc(C(C)(C)C)cs1. The van der Waals surface area contributed by atoms with Crippen LogP contribution in [0.4, 0.5) is 5.13 Å². The number of anilines is 1. The summed E-state index contributed by atoms with van der Waals surface area (Å²) in [5.41, 5.74) is 1.52. The second-order valence-electron chi connectivity index (χ2n) is 6.00. The minimum absolute atomic E-state index is 0.0147. The fraction of sp³-hybridized carbons (Fsp3) is 0.500. The van der Waals surface area contributed by atoms with Crippen molar-refractivity contribution >= 4 is 22.4 Å². The van der Waals surface area contributed by atoms with E-state index in [1.54, 1.807) is 16.9 Å². The van der Waals surface area contributed by atoms with Crippen LogP contribution in [0.5, 0.6) is 0 Å². The maximum absolute atomic E-state index is 12.3. The molecule has 6 heteroatoms. The second kappa shape index (κ2) is 5.36. The summed E-state index contributed by atoms with van der Waals surface area (Å²) in [4.78, 5) is 16.7. The molecule has 0 aliphatic rings.